The van der Waals surface area contributed by atoms with E-state index in [9.17, 15) is 23.2 Å². The van der Waals surface area contributed by atoms with Gasteiger partial charge in [-0.2, -0.15) is 0 Å². The summed E-state index contributed by atoms with van der Waals surface area (Å²) in [4.78, 5) is 43.1. The predicted molar refractivity (Wildman–Crippen MR) is 160 cm³/mol. The van der Waals surface area contributed by atoms with Crippen molar-refractivity contribution >= 4 is 23.3 Å². The molecule has 43 heavy (non-hydrogen) atoms. The van der Waals surface area contributed by atoms with Crippen LogP contribution in [0.3, 0.4) is 0 Å². The zero-order chi connectivity index (χ0) is 30.3. The first-order valence-electron chi connectivity index (χ1n) is 15.4. The maximum absolute atomic E-state index is 14.4. The van der Waals surface area contributed by atoms with Gasteiger partial charge in [0.05, 0.1) is 6.04 Å². The SMILES string of the molecule is CC1(C)CCC(CN2CCN(Cc3ccc4c(c3)CN(C3CCC(=O)NC3=O)C4=O)C(CF)C2)=C(c2ccc(F)cc2)C1. The van der Waals surface area contributed by atoms with Crippen molar-refractivity contribution in [3.8, 4) is 0 Å². The molecule has 9 heteroatoms. The molecular weight excluding hydrogens is 550 g/mol. The Morgan fingerprint density at radius 2 is 1.79 bits per heavy atom. The fourth-order valence-corrected chi connectivity index (χ4v) is 7.15. The van der Waals surface area contributed by atoms with Gasteiger partial charge in [0, 0.05) is 51.3 Å². The van der Waals surface area contributed by atoms with E-state index in [0.29, 0.717) is 31.6 Å². The van der Waals surface area contributed by atoms with E-state index in [0.717, 1.165) is 55.6 Å². The van der Waals surface area contributed by atoms with Gasteiger partial charge in [-0.15, -0.1) is 0 Å². The summed E-state index contributed by atoms with van der Waals surface area (Å²) in [6, 6.07) is 11.7. The zero-order valence-corrected chi connectivity index (χ0v) is 25.0. The van der Waals surface area contributed by atoms with Crippen molar-refractivity contribution < 1.29 is 23.2 Å². The Morgan fingerprint density at radius 1 is 1.00 bits per heavy atom. The summed E-state index contributed by atoms with van der Waals surface area (Å²) in [6.45, 7) is 8.03. The number of piperidine rings is 1. The molecule has 2 aromatic rings. The highest BCUT2D eigenvalue weighted by atomic mass is 19.1. The van der Waals surface area contributed by atoms with Gasteiger partial charge in [0.1, 0.15) is 18.5 Å². The monoisotopic (exact) mass is 590 g/mol. The van der Waals surface area contributed by atoms with Gasteiger partial charge in [-0.1, -0.05) is 43.7 Å². The quantitative estimate of drug-likeness (QED) is 0.474. The number of nitrogens with one attached hydrogen (secondary N) is 1. The van der Waals surface area contributed by atoms with Crippen molar-refractivity contribution in [2.45, 2.75) is 71.1 Å². The molecule has 7 nitrogen and oxygen atoms in total. The van der Waals surface area contributed by atoms with Crippen LogP contribution in [0.15, 0.2) is 48.0 Å². The zero-order valence-electron chi connectivity index (χ0n) is 25.0. The van der Waals surface area contributed by atoms with Gasteiger partial charge in [-0.05, 0) is 71.6 Å². The molecule has 0 bridgehead atoms. The highest BCUT2D eigenvalue weighted by Crippen LogP contribution is 2.43. The molecule has 1 aliphatic carbocycles. The van der Waals surface area contributed by atoms with Gasteiger partial charge >= 0.3 is 0 Å². The molecule has 3 heterocycles. The first-order valence-corrected chi connectivity index (χ1v) is 15.4. The average Bonchev–Trinajstić information content (AvgIpc) is 3.30. The number of allylic oxidation sites excluding steroid dienone is 1. The van der Waals surface area contributed by atoms with Crippen LogP contribution < -0.4 is 5.32 Å². The molecule has 228 valence electrons. The summed E-state index contributed by atoms with van der Waals surface area (Å²) in [6.07, 6.45) is 3.59. The molecule has 2 saturated heterocycles. The Kier molecular flexibility index (Phi) is 8.22. The number of benzene rings is 2. The van der Waals surface area contributed by atoms with E-state index in [2.05, 4.69) is 29.0 Å². The summed E-state index contributed by atoms with van der Waals surface area (Å²) in [5, 5.41) is 2.34. The van der Waals surface area contributed by atoms with E-state index in [1.54, 1.807) is 4.90 Å². The van der Waals surface area contributed by atoms with E-state index in [1.165, 1.54) is 23.3 Å². The van der Waals surface area contributed by atoms with E-state index in [1.807, 2.05) is 30.3 Å². The number of amides is 3. The summed E-state index contributed by atoms with van der Waals surface area (Å²) in [5.41, 5.74) is 6.41. The Hall–Kier alpha value is -3.43. The third-order valence-electron chi connectivity index (χ3n) is 9.63. The minimum Gasteiger partial charge on any atom is -0.322 e. The Bertz CT molecular complexity index is 1450. The molecule has 4 aliphatic rings. The lowest BCUT2D eigenvalue weighted by Gasteiger charge is -2.42. The molecule has 2 aromatic carbocycles. The number of imide groups is 1. The lowest BCUT2D eigenvalue weighted by atomic mass is 9.72. The number of piperazine rings is 1. The summed E-state index contributed by atoms with van der Waals surface area (Å²) < 4.78 is 28.1. The Balaban J connectivity index is 1.12. The maximum atomic E-state index is 14.4. The van der Waals surface area contributed by atoms with Crippen LogP contribution in [0.25, 0.3) is 5.57 Å². The number of rotatable bonds is 7. The molecule has 1 N–H and O–H groups in total. The third-order valence-corrected chi connectivity index (χ3v) is 9.63. The summed E-state index contributed by atoms with van der Waals surface area (Å²) in [7, 11) is 0. The topological polar surface area (TPSA) is 73.0 Å². The molecule has 3 aliphatic heterocycles. The fourth-order valence-electron chi connectivity index (χ4n) is 7.15. The highest BCUT2D eigenvalue weighted by molar-refractivity contribution is 6.05. The second-order valence-electron chi connectivity index (χ2n) is 13.3. The van der Waals surface area contributed by atoms with Crippen molar-refractivity contribution in [2.24, 2.45) is 5.41 Å². The van der Waals surface area contributed by atoms with E-state index < -0.39 is 18.6 Å². The van der Waals surface area contributed by atoms with Crippen molar-refractivity contribution in [3.63, 3.8) is 0 Å². The number of halogens is 2. The second-order valence-corrected chi connectivity index (χ2v) is 13.3. The second kappa shape index (κ2) is 11.9. The van der Waals surface area contributed by atoms with E-state index in [-0.39, 0.29) is 35.5 Å². The van der Waals surface area contributed by atoms with Gasteiger partial charge in [-0.25, -0.2) is 8.78 Å². The molecule has 3 amide bonds. The van der Waals surface area contributed by atoms with E-state index in [4.69, 9.17) is 0 Å². The van der Waals surface area contributed by atoms with Crippen LogP contribution in [0.4, 0.5) is 8.78 Å². The highest BCUT2D eigenvalue weighted by Gasteiger charge is 2.39. The summed E-state index contributed by atoms with van der Waals surface area (Å²) >= 11 is 0. The largest absolute Gasteiger partial charge is 0.322 e. The first kappa shape index (κ1) is 29.6. The smallest absolute Gasteiger partial charge is 0.255 e. The molecule has 0 saturated carbocycles. The maximum Gasteiger partial charge on any atom is 0.255 e. The van der Waals surface area contributed by atoms with Crippen LogP contribution in [0.5, 0.6) is 0 Å². The number of hydrogen-bond acceptors (Lipinski definition) is 5. The first-order chi connectivity index (χ1) is 20.6. The van der Waals surface area contributed by atoms with Crippen LogP contribution in [0.1, 0.15) is 73.0 Å². The number of alkyl halides is 1. The van der Waals surface area contributed by atoms with Gasteiger partial charge in [0.25, 0.3) is 5.91 Å². The van der Waals surface area contributed by atoms with Crippen LogP contribution >= 0.6 is 0 Å². The van der Waals surface area contributed by atoms with Crippen LogP contribution in [-0.4, -0.2) is 77.4 Å². The lowest BCUT2D eigenvalue weighted by molar-refractivity contribution is -0.136. The molecule has 0 radical (unpaired) electrons. The van der Waals surface area contributed by atoms with Crippen LogP contribution in [0.2, 0.25) is 0 Å². The average molecular weight is 591 g/mol. The molecule has 0 aromatic heterocycles. The minimum atomic E-state index is -0.640. The molecule has 6 rings (SSSR count). The van der Waals surface area contributed by atoms with Crippen molar-refractivity contribution in [2.75, 3.05) is 32.9 Å². The number of fused-ring (bicyclic) bond motifs is 1. The Morgan fingerprint density at radius 3 is 2.53 bits per heavy atom. The Labute approximate surface area is 251 Å². The van der Waals surface area contributed by atoms with Crippen molar-refractivity contribution in [3.05, 3.63) is 76.1 Å². The normalized spacial score (nSPS) is 24.8. The standard InChI is InChI=1S/C34H40F2N4O3/c1-34(2)12-11-24(29(16-34)23-4-6-26(36)7-5-23)19-38-13-14-39(27(17-35)21-38)18-22-3-8-28-25(15-22)20-40(33(28)43)30-9-10-31(41)37-32(30)42/h3-8,15,27,30H,9-14,16-21H2,1-2H3,(H,37,41,42). The van der Waals surface area contributed by atoms with Gasteiger partial charge < -0.3 is 4.90 Å². The molecule has 2 unspecified atom stereocenters. The van der Waals surface area contributed by atoms with Crippen molar-refractivity contribution in [1.29, 1.82) is 0 Å². The molecule has 2 fully saturated rings. The predicted octanol–water partition coefficient (Wildman–Crippen LogP) is 4.71. The molecule has 0 spiro atoms. The number of carbonyl (C=O) groups is 3. The van der Waals surface area contributed by atoms with Crippen LogP contribution in [0, 0.1) is 11.2 Å². The van der Waals surface area contributed by atoms with Gasteiger partial charge in [0.15, 0.2) is 0 Å². The minimum absolute atomic E-state index is 0.187. The summed E-state index contributed by atoms with van der Waals surface area (Å²) in [5.74, 6) is -1.14. The van der Waals surface area contributed by atoms with E-state index >= 15 is 0 Å². The number of carbonyl (C=O) groups excluding carboxylic acids is 3. The van der Waals surface area contributed by atoms with Gasteiger partial charge in [-0.3, -0.25) is 29.5 Å². The van der Waals surface area contributed by atoms with Crippen LogP contribution in [-0.2, 0) is 22.7 Å². The van der Waals surface area contributed by atoms with Gasteiger partial charge in [0.2, 0.25) is 11.8 Å². The lowest BCUT2D eigenvalue weighted by Crippen LogP contribution is -2.54. The molecular formula is C34H40F2N4O3. The van der Waals surface area contributed by atoms with Crippen molar-refractivity contribution in [1.82, 2.24) is 20.0 Å². The fraction of sp³-hybridized carbons (Fsp3) is 0.500. The molecule has 2 atom stereocenters. The number of nitrogens with zero attached hydrogens (tertiary/aromatic N) is 3. The third kappa shape index (κ3) is 6.29. The number of hydrogen-bond donors (Lipinski definition) is 1.